The van der Waals surface area contributed by atoms with Crippen LogP contribution in [0.15, 0.2) is 23.4 Å². The van der Waals surface area contributed by atoms with Crippen molar-refractivity contribution in [3.8, 4) is 0 Å². The van der Waals surface area contributed by atoms with E-state index in [1.807, 2.05) is 19.0 Å². The van der Waals surface area contributed by atoms with Crippen LogP contribution in [0.3, 0.4) is 0 Å². The molecule has 22 heavy (non-hydrogen) atoms. The topological polar surface area (TPSA) is 37.7 Å². The first kappa shape index (κ1) is 15.9. The normalized spacial score (nSPS) is 30.3. The van der Waals surface area contributed by atoms with Crippen LogP contribution in [0, 0.1) is 17.7 Å². The lowest BCUT2D eigenvalue weighted by Crippen LogP contribution is -2.34. The molecule has 1 aromatic heterocycles. The molecule has 3 heterocycles. The molecule has 0 amide bonds. The minimum absolute atomic E-state index is 0.0388. The highest BCUT2D eigenvalue weighted by molar-refractivity contribution is 9.09. The lowest BCUT2D eigenvalue weighted by molar-refractivity contribution is 0.0350. The van der Waals surface area contributed by atoms with Crippen LogP contribution in [0.1, 0.15) is 31.4 Å². The second-order valence-electron chi connectivity index (χ2n) is 6.15. The van der Waals surface area contributed by atoms with Gasteiger partial charge < -0.3 is 4.74 Å². The molecule has 4 atom stereocenters. The van der Waals surface area contributed by atoms with E-state index in [1.165, 1.54) is 6.07 Å². The molecular weight excluding hydrogens is 349 g/mol. The molecule has 6 heteroatoms. The van der Waals surface area contributed by atoms with Crippen LogP contribution < -0.4 is 0 Å². The highest BCUT2D eigenvalue weighted by atomic mass is 79.9. The molecule has 0 bridgehead atoms. The van der Waals surface area contributed by atoms with Gasteiger partial charge in [-0.15, -0.1) is 0 Å². The average molecular weight is 370 g/mol. The van der Waals surface area contributed by atoms with Crippen LogP contribution in [0.4, 0.5) is 4.39 Å². The lowest BCUT2D eigenvalue weighted by atomic mass is 9.74. The molecule has 1 saturated heterocycles. The Morgan fingerprint density at radius 1 is 1.50 bits per heavy atom. The van der Waals surface area contributed by atoms with Crippen LogP contribution in [0.2, 0.25) is 0 Å². The van der Waals surface area contributed by atoms with Gasteiger partial charge in [-0.2, -0.15) is 5.10 Å². The van der Waals surface area contributed by atoms with Crippen molar-refractivity contribution in [2.24, 2.45) is 16.9 Å². The summed E-state index contributed by atoms with van der Waals surface area (Å²) in [6, 6.07) is 3.15. The van der Waals surface area contributed by atoms with Gasteiger partial charge in [-0.25, -0.2) is 4.39 Å². The average Bonchev–Trinajstić information content (AvgIpc) is 2.80. The lowest BCUT2D eigenvalue weighted by Gasteiger charge is -2.35. The molecule has 4 nitrogen and oxygen atoms in total. The smallest absolute Gasteiger partial charge is 0.145 e. The molecule has 0 N–H and O–H groups in total. The Kier molecular flexibility index (Phi) is 4.78. The van der Waals surface area contributed by atoms with E-state index < -0.39 is 0 Å². The largest absolute Gasteiger partial charge is 0.367 e. The quantitative estimate of drug-likeness (QED) is 0.766. The van der Waals surface area contributed by atoms with E-state index in [1.54, 1.807) is 12.3 Å². The van der Waals surface area contributed by atoms with E-state index in [0.717, 1.165) is 25.1 Å². The monoisotopic (exact) mass is 369 g/mol. The fourth-order valence-corrected chi connectivity index (χ4v) is 4.32. The maximum atomic E-state index is 14.4. The van der Waals surface area contributed by atoms with Crippen molar-refractivity contribution in [1.29, 1.82) is 0 Å². The Morgan fingerprint density at radius 3 is 2.95 bits per heavy atom. The van der Waals surface area contributed by atoms with Gasteiger partial charge in [0.05, 0.1) is 5.69 Å². The van der Waals surface area contributed by atoms with Crippen LogP contribution in [0.25, 0.3) is 0 Å². The number of nitrogens with zero attached hydrogens (tertiary/aromatic N) is 3. The zero-order valence-corrected chi connectivity index (χ0v) is 14.5. The van der Waals surface area contributed by atoms with Gasteiger partial charge in [-0.05, 0) is 37.8 Å². The fourth-order valence-electron chi connectivity index (χ4n) is 3.66. The number of hydrogen-bond acceptors (Lipinski definition) is 4. The van der Waals surface area contributed by atoms with Gasteiger partial charge in [0.1, 0.15) is 10.8 Å². The Balaban J connectivity index is 1.95. The summed E-state index contributed by atoms with van der Waals surface area (Å²) < 4.78 is 20.0. The van der Waals surface area contributed by atoms with Gasteiger partial charge in [0, 0.05) is 43.9 Å². The van der Waals surface area contributed by atoms with Gasteiger partial charge in [0.15, 0.2) is 0 Å². The standard InChI is InChI=1S/C16H21BrFN3O/c1-10-12(9-21(2)20-10)15(11-5-7-22-14(17)8-11)16-13(18)4-3-6-19-16/h3-4,6,11-12,14-15H,5,7-9H2,1-2H3/t11?,12-,14?,15?/m0/s1. The summed E-state index contributed by atoms with van der Waals surface area (Å²) in [4.78, 5) is 4.38. The molecule has 1 fully saturated rings. The Labute approximate surface area is 138 Å². The van der Waals surface area contributed by atoms with Crippen molar-refractivity contribution in [2.45, 2.75) is 30.7 Å². The third kappa shape index (κ3) is 3.18. The highest BCUT2D eigenvalue weighted by Crippen LogP contribution is 2.42. The number of alkyl halides is 1. The maximum absolute atomic E-state index is 14.4. The first-order valence-corrected chi connectivity index (χ1v) is 8.60. The second kappa shape index (κ2) is 6.62. The van der Waals surface area contributed by atoms with E-state index in [0.29, 0.717) is 18.2 Å². The van der Waals surface area contributed by atoms with Gasteiger partial charge in [0.2, 0.25) is 0 Å². The third-order valence-corrected chi connectivity index (χ3v) is 5.28. The zero-order chi connectivity index (χ0) is 15.7. The summed E-state index contributed by atoms with van der Waals surface area (Å²) in [5.74, 6) is 0.368. The van der Waals surface area contributed by atoms with E-state index in [2.05, 4.69) is 26.0 Å². The van der Waals surface area contributed by atoms with Crippen molar-refractivity contribution in [3.05, 3.63) is 29.8 Å². The van der Waals surface area contributed by atoms with Crippen LogP contribution in [-0.4, -0.2) is 40.9 Å². The van der Waals surface area contributed by atoms with E-state index >= 15 is 0 Å². The first-order chi connectivity index (χ1) is 10.6. The molecule has 3 unspecified atom stereocenters. The van der Waals surface area contributed by atoms with Crippen molar-refractivity contribution in [3.63, 3.8) is 0 Å². The fraction of sp³-hybridized carbons (Fsp3) is 0.625. The number of hydrazone groups is 1. The zero-order valence-electron chi connectivity index (χ0n) is 12.9. The van der Waals surface area contributed by atoms with E-state index in [-0.39, 0.29) is 22.7 Å². The number of hydrogen-bond donors (Lipinski definition) is 0. The predicted octanol–water partition coefficient (Wildman–Crippen LogP) is 3.39. The molecule has 3 rings (SSSR count). The van der Waals surface area contributed by atoms with Crippen molar-refractivity contribution in [2.75, 3.05) is 20.2 Å². The molecule has 1 aromatic rings. The summed E-state index contributed by atoms with van der Waals surface area (Å²) >= 11 is 3.55. The minimum Gasteiger partial charge on any atom is -0.367 e. The third-order valence-electron chi connectivity index (χ3n) is 4.65. The Morgan fingerprint density at radius 2 is 2.32 bits per heavy atom. The van der Waals surface area contributed by atoms with Gasteiger partial charge in [-0.1, -0.05) is 15.9 Å². The van der Waals surface area contributed by atoms with Crippen molar-refractivity contribution >= 4 is 21.6 Å². The highest BCUT2D eigenvalue weighted by Gasteiger charge is 2.40. The Hall–Kier alpha value is -1.01. The Bertz CT molecular complexity index is 568. The summed E-state index contributed by atoms with van der Waals surface area (Å²) in [6.07, 6.45) is 3.48. The van der Waals surface area contributed by atoms with E-state index in [4.69, 9.17) is 4.74 Å². The second-order valence-corrected chi connectivity index (χ2v) is 7.17. The molecule has 0 aliphatic carbocycles. The summed E-state index contributed by atoms with van der Waals surface area (Å²) in [5, 5.41) is 6.50. The number of rotatable bonds is 3. The SMILES string of the molecule is CC1=NN(C)C[C@@H]1C(c1ncccc1F)C1CCOC(Br)C1. The molecule has 2 aliphatic rings. The minimum atomic E-state index is -0.215. The summed E-state index contributed by atoms with van der Waals surface area (Å²) in [5.41, 5.74) is 1.64. The molecule has 0 aromatic carbocycles. The number of ether oxygens (including phenoxy) is 1. The molecule has 120 valence electrons. The summed E-state index contributed by atoms with van der Waals surface area (Å²) in [6.45, 7) is 3.55. The molecule has 0 saturated carbocycles. The van der Waals surface area contributed by atoms with Gasteiger partial charge in [-0.3, -0.25) is 9.99 Å². The molecule has 0 radical (unpaired) electrons. The van der Waals surface area contributed by atoms with Crippen LogP contribution in [0.5, 0.6) is 0 Å². The van der Waals surface area contributed by atoms with E-state index in [9.17, 15) is 4.39 Å². The van der Waals surface area contributed by atoms with Gasteiger partial charge in [0.25, 0.3) is 0 Å². The molecular formula is C16H21BrFN3O. The molecule has 2 aliphatic heterocycles. The first-order valence-electron chi connectivity index (χ1n) is 7.68. The number of halogens is 2. The summed E-state index contributed by atoms with van der Waals surface area (Å²) in [7, 11) is 1.96. The van der Waals surface area contributed by atoms with Crippen molar-refractivity contribution in [1.82, 2.24) is 9.99 Å². The van der Waals surface area contributed by atoms with Crippen LogP contribution in [-0.2, 0) is 4.74 Å². The number of pyridine rings is 1. The van der Waals surface area contributed by atoms with Crippen LogP contribution >= 0.6 is 15.9 Å². The maximum Gasteiger partial charge on any atom is 0.145 e. The van der Waals surface area contributed by atoms with Gasteiger partial charge >= 0.3 is 0 Å². The molecule has 0 spiro atoms. The number of aromatic nitrogens is 1. The predicted molar refractivity (Wildman–Crippen MR) is 87.6 cm³/mol. The van der Waals surface area contributed by atoms with Crippen molar-refractivity contribution < 1.29 is 9.13 Å².